The number of amides is 1. The van der Waals surface area contributed by atoms with Crippen LogP contribution in [0.1, 0.15) is 49.7 Å². The minimum Gasteiger partial charge on any atom is -0.353 e. The topological polar surface area (TPSA) is 29.1 Å². The van der Waals surface area contributed by atoms with Gasteiger partial charge in [-0.1, -0.05) is 67.2 Å². The maximum absolute atomic E-state index is 12.2. The summed E-state index contributed by atoms with van der Waals surface area (Å²) in [5, 5.41) is 3.23. The van der Waals surface area contributed by atoms with Gasteiger partial charge in [0.05, 0.1) is 0 Å². The van der Waals surface area contributed by atoms with Crippen LogP contribution in [0, 0.1) is 0 Å². The average Bonchev–Trinajstić information content (AvgIpc) is 2.88. The third-order valence-electron chi connectivity index (χ3n) is 5.22. The van der Waals surface area contributed by atoms with E-state index in [1.54, 1.807) is 0 Å². The van der Waals surface area contributed by atoms with Gasteiger partial charge in [0.1, 0.15) is 0 Å². The van der Waals surface area contributed by atoms with Crippen molar-refractivity contribution in [3.8, 4) is 0 Å². The number of hydrogen-bond donors (Lipinski definition) is 1. The lowest BCUT2D eigenvalue weighted by Crippen LogP contribution is -2.36. The molecule has 2 aliphatic rings. The van der Waals surface area contributed by atoms with Gasteiger partial charge in [0.25, 0.3) is 0 Å². The van der Waals surface area contributed by atoms with Crippen LogP contribution in [0.2, 0.25) is 13.1 Å². The van der Waals surface area contributed by atoms with Crippen LogP contribution in [-0.2, 0) is 17.6 Å². The molecule has 1 heterocycles. The van der Waals surface area contributed by atoms with Gasteiger partial charge in [-0.05, 0) is 25.7 Å². The molecule has 0 aromatic heterocycles. The Morgan fingerprint density at radius 1 is 1.29 bits per heavy atom. The monoisotopic (exact) mass is 283 g/mol. The Labute approximate surface area is 128 Å². The van der Waals surface area contributed by atoms with Crippen LogP contribution in [-0.4, -0.2) is 18.7 Å². The van der Waals surface area contributed by atoms with Crippen LogP contribution >= 0.6 is 0 Å². The van der Waals surface area contributed by atoms with Crippen LogP contribution in [0.25, 0.3) is 0 Å². The van der Waals surface area contributed by atoms with E-state index in [1.165, 1.54) is 61.4 Å². The first-order chi connectivity index (χ1) is 10.2. The summed E-state index contributed by atoms with van der Waals surface area (Å²) in [6, 6.07) is 7.07. The highest BCUT2D eigenvalue weighted by Crippen LogP contribution is 2.19. The summed E-state index contributed by atoms with van der Waals surface area (Å²) in [5.74, 6) is 0.241. The zero-order valence-corrected chi connectivity index (χ0v) is 13.2. The van der Waals surface area contributed by atoms with Crippen LogP contribution in [0.4, 0.5) is 0 Å². The van der Waals surface area contributed by atoms with E-state index in [0.29, 0.717) is 19.2 Å². The molecular weight excluding hydrogens is 257 g/mol. The van der Waals surface area contributed by atoms with Crippen LogP contribution in [0.5, 0.6) is 0 Å². The zero-order chi connectivity index (χ0) is 14.7. The smallest absolute Gasteiger partial charge is 0.220 e. The molecule has 21 heavy (non-hydrogen) atoms. The fraction of sp³-hybridized carbons (Fsp3) is 0.611. The molecule has 1 saturated carbocycles. The van der Waals surface area contributed by atoms with Crippen molar-refractivity contribution in [2.24, 2.45) is 0 Å². The Bertz CT molecular complexity index is 508. The molecule has 1 aliphatic carbocycles. The van der Waals surface area contributed by atoms with E-state index < -0.39 is 0 Å². The third kappa shape index (κ3) is 3.51. The minimum atomic E-state index is 0.241. The van der Waals surface area contributed by atoms with E-state index in [0.717, 1.165) is 6.42 Å². The van der Waals surface area contributed by atoms with E-state index in [1.807, 2.05) is 0 Å². The summed E-state index contributed by atoms with van der Waals surface area (Å²) in [6.07, 6.45) is 10.2. The summed E-state index contributed by atoms with van der Waals surface area (Å²) in [5.41, 5.74) is 4.44. The first-order valence-corrected chi connectivity index (χ1v) is 8.64. The van der Waals surface area contributed by atoms with Gasteiger partial charge in [-0.3, -0.25) is 4.79 Å². The lowest BCUT2D eigenvalue weighted by atomic mass is 9.47. The molecule has 0 saturated heterocycles. The van der Waals surface area contributed by atoms with Crippen molar-refractivity contribution in [3.05, 3.63) is 29.3 Å². The van der Waals surface area contributed by atoms with Gasteiger partial charge in [0.15, 0.2) is 6.71 Å². The van der Waals surface area contributed by atoms with E-state index in [9.17, 15) is 4.79 Å². The quantitative estimate of drug-likeness (QED) is 0.846. The molecule has 2 nitrogen and oxygen atoms in total. The highest BCUT2D eigenvalue weighted by molar-refractivity contribution is 6.74. The molecule has 1 N–H and O–H groups in total. The zero-order valence-electron chi connectivity index (χ0n) is 13.2. The molecular formula is C18H26BNO. The molecule has 112 valence electrons. The SMILES string of the molecule is CB1CCc2cccc(CCC(=O)NC3CCCCC3)c21. The number of nitrogens with one attached hydrogen (secondary N) is 1. The highest BCUT2D eigenvalue weighted by atomic mass is 16.1. The van der Waals surface area contributed by atoms with Gasteiger partial charge in [-0.15, -0.1) is 0 Å². The van der Waals surface area contributed by atoms with Crippen molar-refractivity contribution in [1.29, 1.82) is 0 Å². The predicted molar refractivity (Wildman–Crippen MR) is 89.5 cm³/mol. The molecule has 0 radical (unpaired) electrons. The van der Waals surface area contributed by atoms with Gasteiger partial charge in [0, 0.05) is 12.5 Å². The molecule has 1 fully saturated rings. The molecule has 1 aromatic carbocycles. The van der Waals surface area contributed by atoms with Crippen molar-refractivity contribution in [2.75, 3.05) is 0 Å². The average molecular weight is 283 g/mol. The molecule has 1 amide bonds. The molecule has 1 aromatic rings. The second-order valence-corrected chi connectivity index (χ2v) is 6.83. The second kappa shape index (κ2) is 6.68. The maximum atomic E-state index is 12.2. The Morgan fingerprint density at radius 2 is 2.10 bits per heavy atom. The van der Waals surface area contributed by atoms with E-state index in [4.69, 9.17) is 0 Å². The van der Waals surface area contributed by atoms with E-state index >= 15 is 0 Å². The van der Waals surface area contributed by atoms with Crippen LogP contribution in [0.3, 0.4) is 0 Å². The summed E-state index contributed by atoms with van der Waals surface area (Å²) in [6.45, 7) is 2.98. The van der Waals surface area contributed by atoms with E-state index in [-0.39, 0.29) is 5.91 Å². The van der Waals surface area contributed by atoms with Gasteiger partial charge in [-0.2, -0.15) is 0 Å². The number of fused-ring (bicyclic) bond motifs is 1. The fourth-order valence-electron chi connectivity index (χ4n) is 4.05. The number of aryl methyl sites for hydroxylation is 2. The molecule has 0 unspecified atom stereocenters. The van der Waals surface area contributed by atoms with Crippen molar-refractivity contribution < 1.29 is 4.79 Å². The Hall–Kier alpha value is -1.25. The van der Waals surface area contributed by atoms with Gasteiger partial charge in [0.2, 0.25) is 5.91 Å². The number of hydrogen-bond acceptors (Lipinski definition) is 1. The third-order valence-corrected chi connectivity index (χ3v) is 5.22. The number of carbonyl (C=O) groups excluding carboxylic acids is 1. The molecule has 0 bridgehead atoms. The molecule has 0 atom stereocenters. The fourth-order valence-corrected chi connectivity index (χ4v) is 4.05. The largest absolute Gasteiger partial charge is 0.353 e. The van der Waals surface area contributed by atoms with Gasteiger partial charge >= 0.3 is 0 Å². The lowest BCUT2D eigenvalue weighted by Gasteiger charge is -2.22. The minimum absolute atomic E-state index is 0.241. The Balaban J connectivity index is 1.55. The number of benzene rings is 1. The number of carbonyl (C=O) groups is 1. The molecule has 0 spiro atoms. The molecule has 1 aliphatic heterocycles. The summed E-state index contributed by atoms with van der Waals surface area (Å²) in [7, 11) is 0. The van der Waals surface area contributed by atoms with Crippen LogP contribution in [0.15, 0.2) is 18.2 Å². The first-order valence-electron chi connectivity index (χ1n) is 8.64. The second-order valence-electron chi connectivity index (χ2n) is 6.83. The van der Waals surface area contributed by atoms with Crippen LogP contribution < -0.4 is 10.8 Å². The van der Waals surface area contributed by atoms with Crippen molar-refractivity contribution in [1.82, 2.24) is 5.32 Å². The van der Waals surface area contributed by atoms with Crippen molar-refractivity contribution in [3.63, 3.8) is 0 Å². The normalized spacial score (nSPS) is 18.6. The van der Waals surface area contributed by atoms with Crippen molar-refractivity contribution >= 4 is 18.1 Å². The van der Waals surface area contributed by atoms with Crippen molar-refractivity contribution in [2.45, 2.75) is 70.6 Å². The Morgan fingerprint density at radius 3 is 2.90 bits per heavy atom. The predicted octanol–water partition coefficient (Wildman–Crippen LogP) is 2.96. The van der Waals surface area contributed by atoms with E-state index in [2.05, 4.69) is 30.3 Å². The lowest BCUT2D eigenvalue weighted by molar-refractivity contribution is -0.121. The standard InChI is InChI=1S/C18H26BNO/c1-19-13-12-15-7-5-6-14(18(15)19)10-11-17(21)20-16-8-3-2-4-9-16/h5-7,16H,2-4,8-13H2,1H3,(H,20,21). The highest BCUT2D eigenvalue weighted by Gasteiger charge is 2.24. The van der Waals surface area contributed by atoms with Gasteiger partial charge in [-0.25, -0.2) is 0 Å². The maximum Gasteiger partial charge on any atom is 0.220 e. The number of rotatable bonds is 4. The Kier molecular flexibility index (Phi) is 4.67. The molecule has 3 rings (SSSR count). The van der Waals surface area contributed by atoms with Gasteiger partial charge < -0.3 is 5.32 Å². The summed E-state index contributed by atoms with van der Waals surface area (Å²) in [4.78, 5) is 12.2. The molecule has 3 heteroatoms. The summed E-state index contributed by atoms with van der Waals surface area (Å²) >= 11 is 0. The summed E-state index contributed by atoms with van der Waals surface area (Å²) < 4.78 is 0. The first kappa shape index (κ1) is 14.7.